The summed E-state index contributed by atoms with van der Waals surface area (Å²) in [5, 5.41) is 15.4. The van der Waals surface area contributed by atoms with Gasteiger partial charge in [0.15, 0.2) is 0 Å². The predicted octanol–water partition coefficient (Wildman–Crippen LogP) is 5.32. The van der Waals surface area contributed by atoms with Gasteiger partial charge in [-0.3, -0.25) is 0 Å². The van der Waals surface area contributed by atoms with E-state index in [1.807, 2.05) is 18.2 Å². The molecule has 0 saturated carbocycles. The fraction of sp³-hybridized carbons (Fsp3) is 0.444. The Labute approximate surface area is 121 Å². The summed E-state index contributed by atoms with van der Waals surface area (Å²) in [6.07, 6.45) is 7.86. The molecule has 2 heteroatoms. The molecule has 2 nitrogen and oxygen atoms in total. The normalized spacial score (nSPS) is 10.8. The first-order chi connectivity index (χ1) is 9.83. The zero-order valence-electron chi connectivity index (χ0n) is 12.4. The Bertz CT molecular complexity index is 536. The zero-order chi connectivity index (χ0) is 14.2. The fourth-order valence-electron chi connectivity index (χ4n) is 2.58. The Kier molecular flexibility index (Phi) is 5.72. The van der Waals surface area contributed by atoms with Crippen LogP contribution in [0.1, 0.15) is 45.4 Å². The van der Waals surface area contributed by atoms with Crippen LogP contribution >= 0.6 is 0 Å². The molecule has 0 aromatic heterocycles. The van der Waals surface area contributed by atoms with Crippen LogP contribution in [0.4, 0.5) is 5.69 Å². The lowest BCUT2D eigenvalue weighted by Gasteiger charge is -2.10. The fourth-order valence-corrected chi connectivity index (χ4v) is 2.58. The lowest BCUT2D eigenvalue weighted by Crippen LogP contribution is -2.01. The molecule has 0 unspecified atom stereocenters. The summed E-state index contributed by atoms with van der Waals surface area (Å²) in [5.74, 6) is 0.353. The average Bonchev–Trinajstić information content (AvgIpc) is 2.47. The second-order valence-electron chi connectivity index (χ2n) is 5.37. The van der Waals surface area contributed by atoms with Gasteiger partial charge in [0.05, 0.1) is 0 Å². The van der Waals surface area contributed by atoms with Crippen LogP contribution < -0.4 is 5.32 Å². The van der Waals surface area contributed by atoms with Crippen LogP contribution in [-0.4, -0.2) is 11.7 Å². The predicted molar refractivity (Wildman–Crippen MR) is 87.5 cm³/mol. The summed E-state index contributed by atoms with van der Waals surface area (Å²) in [6.45, 7) is 3.25. The summed E-state index contributed by atoms with van der Waals surface area (Å²) >= 11 is 0. The van der Waals surface area contributed by atoms with E-state index in [0.29, 0.717) is 5.75 Å². The van der Waals surface area contributed by atoms with Gasteiger partial charge in [0.25, 0.3) is 0 Å². The minimum Gasteiger partial charge on any atom is -0.507 e. The molecule has 2 rings (SSSR count). The standard InChI is InChI=1S/C18H25NO/c1-2-3-4-5-6-7-14-19-17-12-8-11-16-15(17)10-9-13-18(16)20/h8-13,19-20H,2-7,14H2,1H3. The largest absolute Gasteiger partial charge is 0.507 e. The summed E-state index contributed by atoms with van der Waals surface area (Å²) in [6, 6.07) is 11.7. The molecule has 0 heterocycles. The maximum Gasteiger partial charge on any atom is 0.123 e. The van der Waals surface area contributed by atoms with Crippen molar-refractivity contribution in [1.82, 2.24) is 0 Å². The van der Waals surface area contributed by atoms with Gasteiger partial charge in [-0.15, -0.1) is 0 Å². The maximum atomic E-state index is 9.86. The molecule has 2 aromatic carbocycles. The maximum absolute atomic E-state index is 9.86. The van der Waals surface area contributed by atoms with Crippen molar-refractivity contribution < 1.29 is 5.11 Å². The van der Waals surface area contributed by atoms with Crippen LogP contribution in [0.3, 0.4) is 0 Å². The topological polar surface area (TPSA) is 32.3 Å². The highest BCUT2D eigenvalue weighted by molar-refractivity contribution is 5.97. The van der Waals surface area contributed by atoms with Crippen molar-refractivity contribution in [1.29, 1.82) is 0 Å². The lowest BCUT2D eigenvalue weighted by atomic mass is 10.1. The minimum atomic E-state index is 0.353. The lowest BCUT2D eigenvalue weighted by molar-refractivity contribution is 0.481. The molecule has 0 bridgehead atoms. The number of aromatic hydroxyl groups is 1. The molecule has 20 heavy (non-hydrogen) atoms. The third kappa shape index (κ3) is 3.89. The Morgan fingerprint density at radius 1 is 0.850 bits per heavy atom. The Balaban J connectivity index is 1.86. The molecule has 0 amide bonds. The molecule has 0 radical (unpaired) electrons. The van der Waals surface area contributed by atoms with Crippen molar-refractivity contribution in [3.8, 4) is 5.75 Å². The SMILES string of the molecule is CCCCCCCCNc1cccc2c(O)cccc12. The number of rotatable bonds is 8. The first kappa shape index (κ1) is 14.7. The van der Waals surface area contributed by atoms with E-state index in [-0.39, 0.29) is 0 Å². The quantitative estimate of drug-likeness (QED) is 0.637. The molecular weight excluding hydrogens is 246 g/mol. The van der Waals surface area contributed by atoms with E-state index < -0.39 is 0 Å². The highest BCUT2D eigenvalue weighted by Crippen LogP contribution is 2.29. The third-order valence-corrected chi connectivity index (χ3v) is 3.74. The average molecular weight is 271 g/mol. The molecule has 0 aliphatic rings. The van der Waals surface area contributed by atoms with E-state index in [0.717, 1.165) is 23.0 Å². The van der Waals surface area contributed by atoms with Gasteiger partial charge in [0.2, 0.25) is 0 Å². The summed E-state index contributed by atoms with van der Waals surface area (Å²) in [4.78, 5) is 0. The smallest absolute Gasteiger partial charge is 0.123 e. The highest BCUT2D eigenvalue weighted by Gasteiger charge is 2.03. The van der Waals surface area contributed by atoms with Gasteiger partial charge < -0.3 is 10.4 Å². The van der Waals surface area contributed by atoms with Gasteiger partial charge in [0.1, 0.15) is 5.75 Å². The van der Waals surface area contributed by atoms with Gasteiger partial charge in [-0.05, 0) is 18.6 Å². The molecule has 2 N–H and O–H groups in total. The number of phenols is 1. The van der Waals surface area contributed by atoms with Crippen molar-refractivity contribution in [2.24, 2.45) is 0 Å². The van der Waals surface area contributed by atoms with Crippen molar-refractivity contribution in [3.63, 3.8) is 0 Å². The molecule has 0 aliphatic carbocycles. The first-order valence-corrected chi connectivity index (χ1v) is 7.77. The van der Waals surface area contributed by atoms with Gasteiger partial charge in [-0.25, -0.2) is 0 Å². The number of hydrogen-bond donors (Lipinski definition) is 2. The number of fused-ring (bicyclic) bond motifs is 1. The monoisotopic (exact) mass is 271 g/mol. The molecule has 0 aliphatic heterocycles. The molecule has 108 valence electrons. The van der Waals surface area contributed by atoms with Gasteiger partial charge in [-0.1, -0.05) is 63.3 Å². The molecule has 0 atom stereocenters. The van der Waals surface area contributed by atoms with E-state index in [1.165, 1.54) is 38.5 Å². The number of phenolic OH excluding ortho intramolecular Hbond substituents is 1. The van der Waals surface area contributed by atoms with E-state index in [4.69, 9.17) is 0 Å². The van der Waals surface area contributed by atoms with E-state index in [2.05, 4.69) is 24.4 Å². The first-order valence-electron chi connectivity index (χ1n) is 7.77. The van der Waals surface area contributed by atoms with Gasteiger partial charge in [0, 0.05) is 23.0 Å². The van der Waals surface area contributed by atoms with Crippen LogP contribution in [-0.2, 0) is 0 Å². The highest BCUT2D eigenvalue weighted by atomic mass is 16.3. The van der Waals surface area contributed by atoms with Crippen LogP contribution in [0.2, 0.25) is 0 Å². The molecular formula is C18H25NO. The third-order valence-electron chi connectivity index (χ3n) is 3.74. The number of anilines is 1. The minimum absolute atomic E-state index is 0.353. The molecule has 0 saturated heterocycles. The number of nitrogens with one attached hydrogen (secondary N) is 1. The Hall–Kier alpha value is -1.70. The second-order valence-corrected chi connectivity index (χ2v) is 5.37. The van der Waals surface area contributed by atoms with Gasteiger partial charge in [-0.2, -0.15) is 0 Å². The van der Waals surface area contributed by atoms with E-state index >= 15 is 0 Å². The summed E-state index contributed by atoms with van der Waals surface area (Å²) in [5.41, 5.74) is 1.12. The van der Waals surface area contributed by atoms with Crippen molar-refractivity contribution in [2.45, 2.75) is 45.4 Å². The van der Waals surface area contributed by atoms with Crippen molar-refractivity contribution in [3.05, 3.63) is 36.4 Å². The van der Waals surface area contributed by atoms with Crippen LogP contribution in [0, 0.1) is 0 Å². The Morgan fingerprint density at radius 2 is 1.55 bits per heavy atom. The second kappa shape index (κ2) is 7.78. The van der Waals surface area contributed by atoms with E-state index in [9.17, 15) is 5.11 Å². The summed E-state index contributed by atoms with van der Waals surface area (Å²) < 4.78 is 0. The molecule has 0 spiro atoms. The summed E-state index contributed by atoms with van der Waals surface area (Å²) in [7, 11) is 0. The van der Waals surface area contributed by atoms with E-state index in [1.54, 1.807) is 6.07 Å². The van der Waals surface area contributed by atoms with Crippen LogP contribution in [0.5, 0.6) is 5.75 Å². The molecule has 2 aromatic rings. The number of unbranched alkanes of at least 4 members (excludes halogenated alkanes) is 5. The Morgan fingerprint density at radius 3 is 2.40 bits per heavy atom. The number of hydrogen-bond acceptors (Lipinski definition) is 2. The number of benzene rings is 2. The van der Waals surface area contributed by atoms with Crippen LogP contribution in [0.15, 0.2) is 36.4 Å². The van der Waals surface area contributed by atoms with Crippen molar-refractivity contribution >= 4 is 16.5 Å². The van der Waals surface area contributed by atoms with Crippen molar-refractivity contribution in [2.75, 3.05) is 11.9 Å². The molecule has 0 fully saturated rings. The van der Waals surface area contributed by atoms with Crippen LogP contribution in [0.25, 0.3) is 10.8 Å². The van der Waals surface area contributed by atoms with Gasteiger partial charge >= 0.3 is 0 Å². The zero-order valence-corrected chi connectivity index (χ0v) is 12.4.